The van der Waals surface area contributed by atoms with Crippen LogP contribution in [0.5, 0.6) is 11.5 Å². The van der Waals surface area contributed by atoms with Crippen LogP contribution in [0.4, 0.5) is 0 Å². The molecule has 3 nitrogen and oxygen atoms in total. The van der Waals surface area contributed by atoms with Gasteiger partial charge in [-0.3, -0.25) is 0 Å². The first kappa shape index (κ1) is 14.2. The van der Waals surface area contributed by atoms with Gasteiger partial charge in [0.2, 0.25) is 0 Å². The number of rotatable bonds is 6. The second-order valence-corrected chi connectivity index (χ2v) is 5.14. The number of hydrogen-bond donors (Lipinski definition) is 1. The van der Waals surface area contributed by atoms with Crippen LogP contribution < -0.4 is 14.8 Å². The second kappa shape index (κ2) is 7.39. The molecule has 1 aliphatic carbocycles. The predicted molar refractivity (Wildman–Crippen MR) is 77.9 cm³/mol. The molecule has 1 aromatic rings. The molecule has 1 aliphatic rings. The van der Waals surface area contributed by atoms with E-state index in [-0.39, 0.29) is 0 Å². The molecule has 0 heterocycles. The van der Waals surface area contributed by atoms with Gasteiger partial charge >= 0.3 is 0 Å². The van der Waals surface area contributed by atoms with Crippen molar-refractivity contribution in [2.24, 2.45) is 0 Å². The van der Waals surface area contributed by atoms with Gasteiger partial charge < -0.3 is 14.8 Å². The fourth-order valence-electron chi connectivity index (χ4n) is 2.56. The van der Waals surface area contributed by atoms with Crippen LogP contribution >= 0.6 is 0 Å². The Hall–Kier alpha value is -1.22. The van der Waals surface area contributed by atoms with E-state index in [1.165, 1.54) is 37.7 Å². The molecular weight excluding hydrogens is 238 g/mol. The fraction of sp³-hybridized carbons (Fsp3) is 0.625. The van der Waals surface area contributed by atoms with Crippen molar-refractivity contribution in [2.45, 2.75) is 51.7 Å². The first-order chi connectivity index (χ1) is 9.33. The minimum absolute atomic E-state index is 0.358. The molecule has 106 valence electrons. The van der Waals surface area contributed by atoms with Crippen molar-refractivity contribution in [3.63, 3.8) is 0 Å². The Kier molecular flexibility index (Phi) is 5.52. The summed E-state index contributed by atoms with van der Waals surface area (Å²) in [7, 11) is 1.70. The number of ether oxygens (including phenoxy) is 2. The Labute approximate surface area is 116 Å². The zero-order chi connectivity index (χ0) is 13.5. The average Bonchev–Trinajstić information content (AvgIpc) is 2.46. The minimum Gasteiger partial charge on any atom is -0.493 e. The summed E-state index contributed by atoms with van der Waals surface area (Å²) in [6.45, 7) is 3.97. The Bertz CT molecular complexity index is 386. The van der Waals surface area contributed by atoms with Crippen molar-refractivity contribution in [1.82, 2.24) is 5.32 Å². The summed E-state index contributed by atoms with van der Waals surface area (Å²) in [6.07, 6.45) is 6.60. The summed E-state index contributed by atoms with van der Waals surface area (Å²) in [4.78, 5) is 0. The summed E-state index contributed by atoms with van der Waals surface area (Å²) in [6, 6.07) is 6.20. The predicted octanol–water partition coefficient (Wildman–Crippen LogP) is 3.52. The van der Waals surface area contributed by atoms with Gasteiger partial charge in [0.25, 0.3) is 0 Å². The van der Waals surface area contributed by atoms with Gasteiger partial charge in [-0.1, -0.05) is 19.4 Å². The Morgan fingerprint density at radius 1 is 1.16 bits per heavy atom. The van der Waals surface area contributed by atoms with Crippen molar-refractivity contribution >= 4 is 0 Å². The lowest BCUT2D eigenvalue weighted by molar-refractivity contribution is 0.149. The molecule has 0 unspecified atom stereocenters. The van der Waals surface area contributed by atoms with E-state index in [2.05, 4.69) is 24.4 Å². The normalized spacial score (nSPS) is 16.3. The molecule has 0 saturated heterocycles. The van der Waals surface area contributed by atoms with Crippen LogP contribution in [0.3, 0.4) is 0 Å². The van der Waals surface area contributed by atoms with Crippen LogP contribution in [0.2, 0.25) is 0 Å². The van der Waals surface area contributed by atoms with E-state index in [4.69, 9.17) is 9.47 Å². The molecule has 2 rings (SSSR count). The molecule has 0 amide bonds. The van der Waals surface area contributed by atoms with Gasteiger partial charge in [-0.2, -0.15) is 0 Å². The van der Waals surface area contributed by atoms with Gasteiger partial charge in [-0.25, -0.2) is 0 Å². The lowest BCUT2D eigenvalue weighted by Gasteiger charge is -2.24. The van der Waals surface area contributed by atoms with E-state index < -0.39 is 0 Å². The summed E-state index contributed by atoms with van der Waals surface area (Å²) in [5, 5.41) is 3.34. The maximum absolute atomic E-state index is 6.15. The zero-order valence-electron chi connectivity index (χ0n) is 12.1. The van der Waals surface area contributed by atoms with Crippen LogP contribution in [-0.2, 0) is 6.54 Å². The molecule has 1 N–H and O–H groups in total. The van der Waals surface area contributed by atoms with E-state index >= 15 is 0 Å². The van der Waals surface area contributed by atoms with Gasteiger partial charge in [0.05, 0.1) is 13.2 Å². The molecule has 19 heavy (non-hydrogen) atoms. The Morgan fingerprint density at radius 2 is 1.95 bits per heavy atom. The summed E-state index contributed by atoms with van der Waals surface area (Å²) >= 11 is 0. The van der Waals surface area contributed by atoms with Gasteiger partial charge in [-0.05, 0) is 49.9 Å². The summed E-state index contributed by atoms with van der Waals surface area (Å²) < 4.78 is 11.5. The van der Waals surface area contributed by atoms with Crippen molar-refractivity contribution in [2.75, 3.05) is 13.7 Å². The minimum atomic E-state index is 0.358. The number of nitrogens with one attached hydrogen (secondary N) is 1. The van der Waals surface area contributed by atoms with Crippen LogP contribution in [0.25, 0.3) is 0 Å². The molecule has 0 aromatic heterocycles. The van der Waals surface area contributed by atoms with Crippen molar-refractivity contribution in [1.29, 1.82) is 0 Å². The molecule has 0 atom stereocenters. The highest BCUT2D eigenvalue weighted by Crippen LogP contribution is 2.31. The highest BCUT2D eigenvalue weighted by Gasteiger charge is 2.17. The first-order valence-electron chi connectivity index (χ1n) is 7.37. The third-order valence-corrected chi connectivity index (χ3v) is 3.65. The van der Waals surface area contributed by atoms with E-state index in [9.17, 15) is 0 Å². The van der Waals surface area contributed by atoms with E-state index in [1.807, 2.05) is 6.07 Å². The molecule has 3 heteroatoms. The van der Waals surface area contributed by atoms with Crippen LogP contribution in [-0.4, -0.2) is 19.8 Å². The van der Waals surface area contributed by atoms with Crippen molar-refractivity contribution in [3.05, 3.63) is 23.8 Å². The van der Waals surface area contributed by atoms with Gasteiger partial charge in [0, 0.05) is 6.54 Å². The van der Waals surface area contributed by atoms with E-state index in [1.54, 1.807) is 7.11 Å². The molecule has 1 aromatic carbocycles. The van der Waals surface area contributed by atoms with Crippen LogP contribution in [0.15, 0.2) is 18.2 Å². The smallest absolute Gasteiger partial charge is 0.161 e. The highest BCUT2D eigenvalue weighted by atomic mass is 16.5. The largest absolute Gasteiger partial charge is 0.493 e. The quantitative estimate of drug-likeness (QED) is 0.852. The van der Waals surface area contributed by atoms with Crippen LogP contribution in [0, 0.1) is 0 Å². The zero-order valence-corrected chi connectivity index (χ0v) is 12.1. The standard InChI is InChI=1S/C16H25NO2/c1-3-17-12-13-9-10-15(18-2)16(11-13)19-14-7-5-4-6-8-14/h9-11,14,17H,3-8,12H2,1-2H3. The molecule has 0 bridgehead atoms. The van der Waals surface area contributed by atoms with Crippen LogP contribution in [0.1, 0.15) is 44.6 Å². The molecule has 1 fully saturated rings. The maximum atomic E-state index is 6.15. The molecule has 0 spiro atoms. The third kappa shape index (κ3) is 4.13. The SMILES string of the molecule is CCNCc1ccc(OC)c(OC2CCCCC2)c1. The Balaban J connectivity index is 2.06. The Morgan fingerprint density at radius 3 is 2.63 bits per heavy atom. The molecule has 0 radical (unpaired) electrons. The van der Waals surface area contributed by atoms with Crippen molar-refractivity contribution in [3.8, 4) is 11.5 Å². The van der Waals surface area contributed by atoms with Crippen molar-refractivity contribution < 1.29 is 9.47 Å². The fourth-order valence-corrected chi connectivity index (χ4v) is 2.56. The molecular formula is C16H25NO2. The highest BCUT2D eigenvalue weighted by molar-refractivity contribution is 5.43. The lowest BCUT2D eigenvalue weighted by Crippen LogP contribution is -2.20. The molecule has 0 aliphatic heterocycles. The lowest BCUT2D eigenvalue weighted by atomic mass is 9.98. The monoisotopic (exact) mass is 263 g/mol. The third-order valence-electron chi connectivity index (χ3n) is 3.65. The maximum Gasteiger partial charge on any atom is 0.161 e. The number of benzene rings is 1. The van der Waals surface area contributed by atoms with Gasteiger partial charge in [0.1, 0.15) is 0 Å². The van der Waals surface area contributed by atoms with E-state index in [0.717, 1.165) is 24.6 Å². The topological polar surface area (TPSA) is 30.5 Å². The summed E-state index contributed by atoms with van der Waals surface area (Å²) in [5.41, 5.74) is 1.24. The molecule has 1 saturated carbocycles. The average molecular weight is 263 g/mol. The van der Waals surface area contributed by atoms with Gasteiger partial charge in [-0.15, -0.1) is 0 Å². The first-order valence-corrected chi connectivity index (χ1v) is 7.37. The number of hydrogen-bond acceptors (Lipinski definition) is 3. The van der Waals surface area contributed by atoms with Gasteiger partial charge in [0.15, 0.2) is 11.5 Å². The number of methoxy groups -OCH3 is 1. The second-order valence-electron chi connectivity index (χ2n) is 5.14. The summed E-state index contributed by atoms with van der Waals surface area (Å²) in [5.74, 6) is 1.73. The van der Waals surface area contributed by atoms with E-state index in [0.29, 0.717) is 6.10 Å².